The predicted octanol–water partition coefficient (Wildman–Crippen LogP) is 0.684. The second-order valence-corrected chi connectivity index (χ2v) is 9.17. The number of rotatable bonds is 4. The van der Waals surface area contributed by atoms with Gasteiger partial charge in [0.25, 0.3) is 0 Å². The lowest BCUT2D eigenvalue weighted by Gasteiger charge is -2.32. The zero-order valence-electron chi connectivity index (χ0n) is 13.4. The lowest BCUT2D eigenvalue weighted by molar-refractivity contribution is -0.136. The molecule has 0 saturated carbocycles. The highest BCUT2D eigenvalue weighted by Gasteiger charge is 2.48. The van der Waals surface area contributed by atoms with Crippen molar-refractivity contribution < 1.29 is 17.9 Å². The van der Waals surface area contributed by atoms with Gasteiger partial charge in [-0.1, -0.05) is 13.8 Å². The van der Waals surface area contributed by atoms with E-state index in [-0.39, 0.29) is 35.7 Å². The topological polar surface area (TPSA) is 66.9 Å². The summed E-state index contributed by atoms with van der Waals surface area (Å²) in [6.07, 6.45) is 2.41. The van der Waals surface area contributed by atoms with Crippen LogP contribution in [0.25, 0.3) is 0 Å². The van der Waals surface area contributed by atoms with E-state index >= 15 is 0 Å². The molecule has 0 radical (unpaired) electrons. The smallest absolute Gasteiger partial charge is 0.228 e. The van der Waals surface area contributed by atoms with Crippen molar-refractivity contribution in [3.05, 3.63) is 0 Å². The average Bonchev–Trinajstić information content (AvgIpc) is 3.04. The third-order valence-electron chi connectivity index (χ3n) is 4.80. The molecule has 3 aliphatic heterocycles. The van der Waals surface area contributed by atoms with Gasteiger partial charge in [-0.2, -0.15) is 4.31 Å². The number of fused-ring (bicyclic) bond motifs is 2. The van der Waals surface area contributed by atoms with Crippen molar-refractivity contribution in [2.24, 2.45) is 11.8 Å². The first kappa shape index (κ1) is 16.2. The number of morpholine rings is 1. The molecular weight excluding hydrogens is 304 g/mol. The number of amides is 1. The average molecular weight is 330 g/mol. The third kappa shape index (κ3) is 3.16. The molecular formula is C15H26N2O4S. The van der Waals surface area contributed by atoms with Gasteiger partial charge in [0.2, 0.25) is 15.9 Å². The summed E-state index contributed by atoms with van der Waals surface area (Å²) in [5, 5.41) is 0. The fraction of sp³-hybridized carbons (Fsp3) is 0.933. The molecule has 0 unspecified atom stereocenters. The van der Waals surface area contributed by atoms with Gasteiger partial charge < -0.3 is 9.64 Å². The molecule has 7 heteroatoms. The van der Waals surface area contributed by atoms with Crippen molar-refractivity contribution in [3.8, 4) is 0 Å². The fourth-order valence-electron chi connectivity index (χ4n) is 3.81. The van der Waals surface area contributed by atoms with Crippen LogP contribution in [-0.2, 0) is 19.6 Å². The molecule has 3 aliphatic rings. The number of likely N-dealkylation sites (tertiary alicyclic amines) is 1. The second kappa shape index (κ2) is 6.09. The molecule has 6 nitrogen and oxygen atoms in total. The molecule has 3 atom stereocenters. The number of carbonyl (C=O) groups is 1. The van der Waals surface area contributed by atoms with Gasteiger partial charge >= 0.3 is 0 Å². The van der Waals surface area contributed by atoms with Gasteiger partial charge in [-0.15, -0.1) is 0 Å². The maximum Gasteiger partial charge on any atom is 0.228 e. The van der Waals surface area contributed by atoms with Gasteiger partial charge in [0.15, 0.2) is 0 Å². The highest BCUT2D eigenvalue weighted by molar-refractivity contribution is 7.89. The molecule has 0 aromatic heterocycles. The number of ether oxygens (including phenoxy) is 1. The number of hydrogen-bond donors (Lipinski definition) is 0. The Morgan fingerprint density at radius 2 is 1.91 bits per heavy atom. The Morgan fingerprint density at radius 3 is 2.55 bits per heavy atom. The predicted molar refractivity (Wildman–Crippen MR) is 82.8 cm³/mol. The summed E-state index contributed by atoms with van der Waals surface area (Å²) in [6, 6.07) is 0. The van der Waals surface area contributed by atoms with Crippen molar-refractivity contribution in [1.29, 1.82) is 0 Å². The Hall–Kier alpha value is -0.660. The van der Waals surface area contributed by atoms with E-state index in [0.29, 0.717) is 19.5 Å². The van der Waals surface area contributed by atoms with E-state index in [1.165, 1.54) is 0 Å². The summed E-state index contributed by atoms with van der Waals surface area (Å²) in [6.45, 7) is 6.22. The minimum Gasteiger partial charge on any atom is -0.371 e. The number of nitrogens with zero attached hydrogens (tertiary/aromatic N) is 2. The van der Waals surface area contributed by atoms with E-state index < -0.39 is 10.0 Å². The lowest BCUT2D eigenvalue weighted by Crippen LogP contribution is -2.49. The molecule has 0 aliphatic carbocycles. The van der Waals surface area contributed by atoms with E-state index in [1.54, 1.807) is 4.31 Å². The third-order valence-corrected chi connectivity index (χ3v) is 6.97. The molecule has 126 valence electrons. The van der Waals surface area contributed by atoms with Crippen LogP contribution in [-0.4, -0.2) is 67.7 Å². The van der Waals surface area contributed by atoms with Gasteiger partial charge in [-0.05, 0) is 25.2 Å². The molecule has 22 heavy (non-hydrogen) atoms. The van der Waals surface area contributed by atoms with E-state index in [9.17, 15) is 13.2 Å². The molecule has 3 fully saturated rings. The van der Waals surface area contributed by atoms with Crippen molar-refractivity contribution in [2.75, 3.05) is 31.9 Å². The van der Waals surface area contributed by atoms with Crippen LogP contribution in [0, 0.1) is 11.8 Å². The summed E-state index contributed by atoms with van der Waals surface area (Å²) in [4.78, 5) is 14.5. The van der Waals surface area contributed by atoms with Crippen LogP contribution in [0.5, 0.6) is 0 Å². The van der Waals surface area contributed by atoms with Crippen molar-refractivity contribution in [2.45, 2.75) is 45.3 Å². The Bertz CT molecular complexity index is 528. The van der Waals surface area contributed by atoms with Crippen LogP contribution in [0.4, 0.5) is 0 Å². The Morgan fingerprint density at radius 1 is 1.23 bits per heavy atom. The Balaban J connectivity index is 1.68. The van der Waals surface area contributed by atoms with Crippen LogP contribution in [0.1, 0.15) is 33.1 Å². The molecule has 0 aromatic rings. The molecule has 3 saturated heterocycles. The molecule has 0 spiro atoms. The normalized spacial score (nSPS) is 32.9. The van der Waals surface area contributed by atoms with Gasteiger partial charge in [-0.25, -0.2) is 8.42 Å². The van der Waals surface area contributed by atoms with E-state index in [0.717, 1.165) is 25.9 Å². The lowest BCUT2D eigenvalue weighted by atomic mass is 9.99. The first-order valence-electron chi connectivity index (χ1n) is 8.29. The van der Waals surface area contributed by atoms with Crippen LogP contribution < -0.4 is 0 Å². The quantitative estimate of drug-likeness (QED) is 0.760. The molecule has 0 aromatic carbocycles. The van der Waals surface area contributed by atoms with E-state index in [1.807, 2.05) is 18.7 Å². The second-order valence-electron chi connectivity index (χ2n) is 7.16. The number of hydrogen-bond acceptors (Lipinski definition) is 4. The van der Waals surface area contributed by atoms with E-state index in [4.69, 9.17) is 4.74 Å². The van der Waals surface area contributed by atoms with Crippen molar-refractivity contribution >= 4 is 15.9 Å². The van der Waals surface area contributed by atoms with Crippen LogP contribution in [0.15, 0.2) is 0 Å². The van der Waals surface area contributed by atoms with Gasteiger partial charge in [0, 0.05) is 26.2 Å². The first-order chi connectivity index (χ1) is 10.4. The monoisotopic (exact) mass is 330 g/mol. The summed E-state index contributed by atoms with van der Waals surface area (Å²) < 4.78 is 32.3. The maximum absolute atomic E-state index is 12.6. The van der Waals surface area contributed by atoms with E-state index in [2.05, 4.69) is 0 Å². The maximum atomic E-state index is 12.6. The van der Waals surface area contributed by atoms with Crippen molar-refractivity contribution in [3.63, 3.8) is 0 Å². The summed E-state index contributed by atoms with van der Waals surface area (Å²) >= 11 is 0. The Labute approximate surface area is 132 Å². The zero-order valence-corrected chi connectivity index (χ0v) is 14.2. The standard InChI is InChI=1S/C15H26N2O4S/c1-11(2)10-22(19,20)17-8-12-7-13(14(9-17)21-12)15(18)16-5-3-4-6-16/h11-14H,3-10H2,1-2H3/t12-,13+,14-/m1/s1. The van der Waals surface area contributed by atoms with Gasteiger partial charge in [0.1, 0.15) is 0 Å². The van der Waals surface area contributed by atoms with Crippen LogP contribution in [0.2, 0.25) is 0 Å². The van der Waals surface area contributed by atoms with Gasteiger partial charge in [0.05, 0.1) is 23.9 Å². The minimum atomic E-state index is -3.25. The molecule has 3 heterocycles. The van der Waals surface area contributed by atoms with Crippen LogP contribution >= 0.6 is 0 Å². The summed E-state index contributed by atoms with van der Waals surface area (Å²) in [5.74, 6) is 0.264. The summed E-state index contributed by atoms with van der Waals surface area (Å²) in [5.41, 5.74) is 0. The zero-order chi connectivity index (χ0) is 15.9. The highest BCUT2D eigenvalue weighted by Crippen LogP contribution is 2.35. The number of carbonyl (C=O) groups excluding carboxylic acids is 1. The molecule has 1 amide bonds. The van der Waals surface area contributed by atoms with Crippen LogP contribution in [0.3, 0.4) is 0 Å². The molecule has 2 bridgehead atoms. The molecule has 3 rings (SSSR count). The SMILES string of the molecule is CC(C)CS(=O)(=O)N1C[C@H]2C[C@H](C(=O)N3CCCC3)[C@@H](C1)O2. The highest BCUT2D eigenvalue weighted by atomic mass is 32.2. The first-order valence-corrected chi connectivity index (χ1v) is 9.90. The summed E-state index contributed by atoms with van der Waals surface area (Å²) in [7, 11) is -3.25. The fourth-order valence-corrected chi connectivity index (χ4v) is 5.63. The molecule has 0 N–H and O–H groups in total. The minimum absolute atomic E-state index is 0.104. The van der Waals surface area contributed by atoms with Crippen molar-refractivity contribution in [1.82, 2.24) is 9.21 Å². The van der Waals surface area contributed by atoms with Gasteiger partial charge in [-0.3, -0.25) is 4.79 Å². The Kier molecular flexibility index (Phi) is 4.49. The number of sulfonamides is 1. The largest absolute Gasteiger partial charge is 0.371 e.